The monoisotopic (exact) mass is 413 g/mol. The quantitative estimate of drug-likeness (QED) is 0.373. The van der Waals surface area contributed by atoms with Crippen molar-refractivity contribution in [3.05, 3.63) is 108 Å². The van der Waals surface area contributed by atoms with Crippen LogP contribution in [0, 0.1) is 0 Å². The zero-order valence-corrected chi connectivity index (χ0v) is 16.8. The number of pyridine rings is 1. The normalized spacial score (nSPS) is 11.6. The van der Waals surface area contributed by atoms with Gasteiger partial charge in [-0.05, 0) is 29.8 Å². The minimum atomic E-state index is -0.515. The van der Waals surface area contributed by atoms with Crippen molar-refractivity contribution in [2.75, 3.05) is 0 Å². The van der Waals surface area contributed by atoms with Crippen molar-refractivity contribution in [3.8, 4) is 0 Å². The van der Waals surface area contributed by atoms with Gasteiger partial charge in [0.25, 0.3) is 11.8 Å². The number of para-hydroxylation sites is 1. The summed E-state index contributed by atoms with van der Waals surface area (Å²) in [5, 5.41) is 0.431. The maximum absolute atomic E-state index is 12.9. The summed E-state index contributed by atoms with van der Waals surface area (Å²) in [7, 11) is 0. The molecule has 0 aliphatic heterocycles. The number of carbonyl (C=O) groups excluding carboxylic acids is 2. The third kappa shape index (κ3) is 4.67. The van der Waals surface area contributed by atoms with Crippen molar-refractivity contribution in [2.45, 2.75) is 10.1 Å². The first-order chi connectivity index (χ1) is 14.7. The molecule has 1 atom stereocenters. The number of fused-ring (bicyclic) bond motifs is 1. The summed E-state index contributed by atoms with van der Waals surface area (Å²) in [6, 6.07) is 30.2. The highest BCUT2D eigenvalue weighted by Crippen LogP contribution is 2.35. The Morgan fingerprint density at radius 3 is 2.17 bits per heavy atom. The van der Waals surface area contributed by atoms with Crippen LogP contribution in [0.3, 0.4) is 0 Å². The van der Waals surface area contributed by atoms with E-state index >= 15 is 0 Å². The molecule has 0 aliphatic rings. The molecule has 0 radical (unpaired) electrons. The van der Waals surface area contributed by atoms with Crippen LogP contribution in [0.25, 0.3) is 10.9 Å². The molecule has 4 rings (SSSR count). The van der Waals surface area contributed by atoms with Gasteiger partial charge in [-0.3, -0.25) is 20.4 Å². The van der Waals surface area contributed by atoms with E-state index in [1.54, 1.807) is 6.07 Å². The first kappa shape index (κ1) is 19.7. The second-order valence-corrected chi connectivity index (χ2v) is 7.73. The highest BCUT2D eigenvalue weighted by atomic mass is 32.2. The van der Waals surface area contributed by atoms with E-state index in [9.17, 15) is 9.59 Å². The van der Waals surface area contributed by atoms with Gasteiger partial charge in [-0.1, -0.05) is 72.8 Å². The molecule has 2 amide bonds. The number of aromatic nitrogens is 1. The molecule has 0 saturated carbocycles. The Balaban J connectivity index is 1.48. The predicted molar refractivity (Wildman–Crippen MR) is 119 cm³/mol. The third-order valence-corrected chi connectivity index (χ3v) is 5.73. The van der Waals surface area contributed by atoms with Gasteiger partial charge in [0.2, 0.25) is 0 Å². The summed E-state index contributed by atoms with van der Waals surface area (Å²) in [5.41, 5.74) is 6.84. The Hall–Kier alpha value is -3.64. The second-order valence-electron chi connectivity index (χ2n) is 6.55. The maximum Gasteiger partial charge on any atom is 0.288 e. The van der Waals surface area contributed by atoms with Crippen molar-refractivity contribution in [3.63, 3.8) is 0 Å². The Bertz CT molecular complexity index is 1170. The summed E-state index contributed by atoms with van der Waals surface area (Å²) in [5.74, 6) is -0.783. The summed E-state index contributed by atoms with van der Waals surface area (Å²) in [4.78, 5) is 30.8. The van der Waals surface area contributed by atoms with Gasteiger partial charge in [0, 0.05) is 10.3 Å². The van der Waals surface area contributed by atoms with Crippen molar-refractivity contribution in [2.24, 2.45) is 0 Å². The van der Waals surface area contributed by atoms with E-state index in [4.69, 9.17) is 0 Å². The first-order valence-corrected chi connectivity index (χ1v) is 10.3. The van der Waals surface area contributed by atoms with E-state index in [2.05, 4.69) is 15.8 Å². The van der Waals surface area contributed by atoms with Crippen molar-refractivity contribution in [1.82, 2.24) is 15.8 Å². The molecule has 0 aliphatic carbocycles. The summed E-state index contributed by atoms with van der Waals surface area (Å²) >= 11 is 1.42. The zero-order valence-electron chi connectivity index (χ0n) is 16.0. The van der Waals surface area contributed by atoms with Gasteiger partial charge in [0.05, 0.1) is 5.52 Å². The molecule has 30 heavy (non-hydrogen) atoms. The summed E-state index contributed by atoms with van der Waals surface area (Å²) in [6.07, 6.45) is 0. The SMILES string of the molecule is O=C(NNC(=O)C(Sc1ccccc1)c1ccccc1)c1ccc2ccccc2n1. The van der Waals surface area contributed by atoms with Crippen LogP contribution in [0.4, 0.5) is 0 Å². The van der Waals surface area contributed by atoms with E-state index < -0.39 is 11.2 Å². The Kier molecular flexibility index (Phi) is 6.06. The van der Waals surface area contributed by atoms with Gasteiger partial charge in [-0.25, -0.2) is 4.98 Å². The van der Waals surface area contributed by atoms with E-state index in [0.29, 0.717) is 0 Å². The number of thioether (sulfide) groups is 1. The zero-order chi connectivity index (χ0) is 20.8. The van der Waals surface area contributed by atoms with Crippen LogP contribution < -0.4 is 10.9 Å². The van der Waals surface area contributed by atoms with Gasteiger partial charge < -0.3 is 0 Å². The van der Waals surface area contributed by atoms with Crippen LogP contribution in [0.2, 0.25) is 0 Å². The van der Waals surface area contributed by atoms with Crippen LogP contribution in [0.15, 0.2) is 102 Å². The van der Waals surface area contributed by atoms with Crippen molar-refractivity contribution < 1.29 is 9.59 Å². The molecule has 1 unspecified atom stereocenters. The third-order valence-electron chi connectivity index (χ3n) is 4.47. The van der Waals surface area contributed by atoms with Crippen LogP contribution in [-0.2, 0) is 4.79 Å². The smallest absolute Gasteiger partial charge is 0.272 e. The molecule has 0 saturated heterocycles. The molecular weight excluding hydrogens is 394 g/mol. The standard InChI is InChI=1S/C24H19N3O2S/c28-23(21-16-15-17-9-7-8-14-20(17)25-21)26-27-24(29)22(18-10-3-1-4-11-18)30-19-12-5-2-6-13-19/h1-16,22H,(H,26,28)(H,27,29). The fourth-order valence-corrected chi connectivity index (χ4v) is 4.02. The molecule has 6 heteroatoms. The van der Waals surface area contributed by atoms with Crippen LogP contribution in [0.1, 0.15) is 21.3 Å². The predicted octanol–water partition coefficient (Wildman–Crippen LogP) is 4.53. The highest BCUT2D eigenvalue weighted by Gasteiger charge is 2.22. The Morgan fingerprint density at radius 1 is 0.733 bits per heavy atom. The fourth-order valence-electron chi connectivity index (χ4n) is 2.98. The van der Waals surface area contributed by atoms with Gasteiger partial charge in [0.15, 0.2) is 0 Å². The first-order valence-electron chi connectivity index (χ1n) is 9.43. The number of nitrogens with one attached hydrogen (secondary N) is 2. The van der Waals surface area contributed by atoms with Crippen molar-refractivity contribution in [1.29, 1.82) is 0 Å². The van der Waals surface area contributed by atoms with E-state index in [-0.39, 0.29) is 11.6 Å². The number of hydrazine groups is 1. The molecule has 0 bridgehead atoms. The largest absolute Gasteiger partial charge is 0.288 e. The molecular formula is C24H19N3O2S. The van der Waals surface area contributed by atoms with Crippen molar-refractivity contribution >= 4 is 34.5 Å². The maximum atomic E-state index is 12.9. The average Bonchev–Trinajstić information content (AvgIpc) is 2.81. The number of hydrogen-bond acceptors (Lipinski definition) is 4. The molecule has 0 spiro atoms. The number of nitrogens with zero attached hydrogens (tertiary/aromatic N) is 1. The molecule has 3 aromatic carbocycles. The Morgan fingerprint density at radius 2 is 1.40 bits per heavy atom. The molecule has 0 fully saturated rings. The number of benzene rings is 3. The van der Waals surface area contributed by atoms with Crippen LogP contribution in [-0.4, -0.2) is 16.8 Å². The minimum Gasteiger partial charge on any atom is -0.272 e. The number of rotatable bonds is 5. The summed E-state index contributed by atoms with van der Waals surface area (Å²) in [6.45, 7) is 0. The number of amides is 2. The van der Waals surface area contributed by atoms with E-state index in [1.165, 1.54) is 11.8 Å². The lowest BCUT2D eigenvalue weighted by atomic mass is 10.1. The number of carbonyl (C=O) groups is 2. The second kappa shape index (κ2) is 9.24. The Labute approximate surface area is 178 Å². The van der Waals surface area contributed by atoms with Crippen LogP contribution >= 0.6 is 11.8 Å². The summed E-state index contributed by atoms with van der Waals surface area (Å²) < 4.78 is 0. The lowest BCUT2D eigenvalue weighted by molar-refractivity contribution is -0.121. The molecule has 4 aromatic rings. The molecule has 5 nitrogen and oxygen atoms in total. The molecule has 1 heterocycles. The number of hydrogen-bond donors (Lipinski definition) is 2. The molecule has 148 valence electrons. The van der Waals surface area contributed by atoms with Gasteiger partial charge in [-0.15, -0.1) is 11.8 Å². The molecule has 2 N–H and O–H groups in total. The lowest BCUT2D eigenvalue weighted by Gasteiger charge is -2.17. The van der Waals surface area contributed by atoms with Gasteiger partial charge >= 0.3 is 0 Å². The minimum absolute atomic E-state index is 0.237. The lowest BCUT2D eigenvalue weighted by Crippen LogP contribution is -2.43. The van der Waals surface area contributed by atoms with Gasteiger partial charge in [0.1, 0.15) is 10.9 Å². The fraction of sp³-hybridized carbons (Fsp3) is 0.0417. The topological polar surface area (TPSA) is 71.1 Å². The molecule has 1 aromatic heterocycles. The van der Waals surface area contributed by atoms with E-state index in [0.717, 1.165) is 21.4 Å². The van der Waals surface area contributed by atoms with Crippen LogP contribution in [0.5, 0.6) is 0 Å². The van der Waals surface area contributed by atoms with Gasteiger partial charge in [-0.2, -0.15) is 0 Å². The van der Waals surface area contributed by atoms with E-state index in [1.807, 2.05) is 91.0 Å². The highest BCUT2D eigenvalue weighted by molar-refractivity contribution is 8.00. The average molecular weight is 414 g/mol.